The van der Waals surface area contributed by atoms with E-state index >= 15 is 0 Å². The van der Waals surface area contributed by atoms with Gasteiger partial charge in [0.25, 0.3) is 11.8 Å². The highest BCUT2D eigenvalue weighted by molar-refractivity contribution is 8.00. The monoisotopic (exact) mass is 435 g/mol. The van der Waals surface area contributed by atoms with Crippen LogP contribution in [-0.2, 0) is 28.8 Å². The average molecular weight is 435 g/mol. The summed E-state index contributed by atoms with van der Waals surface area (Å²) in [6, 6.07) is 3.58. The highest BCUT2D eigenvalue weighted by atomic mass is 32.2. The van der Waals surface area contributed by atoms with Crippen LogP contribution in [0, 0.1) is 0 Å². The maximum absolute atomic E-state index is 12.8. The van der Waals surface area contributed by atoms with Gasteiger partial charge in [-0.3, -0.25) is 19.3 Å². The minimum Gasteiger partial charge on any atom is -0.498 e. The number of hydrogen-bond donors (Lipinski definition) is 3. The van der Waals surface area contributed by atoms with Gasteiger partial charge in [-0.1, -0.05) is 11.2 Å². The summed E-state index contributed by atoms with van der Waals surface area (Å²) in [4.78, 5) is 57.4. The van der Waals surface area contributed by atoms with Crippen LogP contribution in [0.4, 0.5) is 5.82 Å². The first kappa shape index (κ1) is 21.1. The van der Waals surface area contributed by atoms with Crippen molar-refractivity contribution in [2.45, 2.75) is 11.4 Å². The Morgan fingerprint density at radius 1 is 1.40 bits per heavy atom. The summed E-state index contributed by atoms with van der Waals surface area (Å²) >= 11 is 1.26. The molecule has 0 aromatic carbocycles. The third-order valence-electron chi connectivity index (χ3n) is 4.27. The molecule has 1 aromatic rings. The molecule has 2 aliphatic rings. The summed E-state index contributed by atoms with van der Waals surface area (Å²) in [7, 11) is 2.57. The highest BCUT2D eigenvalue weighted by Crippen LogP contribution is 2.40. The van der Waals surface area contributed by atoms with E-state index in [1.165, 1.54) is 38.1 Å². The zero-order valence-corrected chi connectivity index (χ0v) is 16.6. The molecule has 1 saturated heterocycles. The second-order valence-corrected chi connectivity index (χ2v) is 7.04. The minimum atomic E-state index is -1.29. The maximum atomic E-state index is 12.8. The summed E-state index contributed by atoms with van der Waals surface area (Å²) in [6.07, 6.45) is 0.434. The second-order valence-electron chi connectivity index (χ2n) is 5.93. The molecule has 0 spiro atoms. The van der Waals surface area contributed by atoms with Crippen LogP contribution in [0.2, 0.25) is 0 Å². The van der Waals surface area contributed by atoms with Crippen LogP contribution in [0.5, 0.6) is 0 Å². The predicted octanol–water partition coefficient (Wildman–Crippen LogP) is -0.657. The number of anilines is 1. The third kappa shape index (κ3) is 3.78. The van der Waals surface area contributed by atoms with Gasteiger partial charge in [0.2, 0.25) is 6.41 Å². The molecule has 1 fully saturated rings. The van der Waals surface area contributed by atoms with Crippen molar-refractivity contribution in [3.63, 3.8) is 0 Å². The summed E-state index contributed by atoms with van der Waals surface area (Å²) in [5.74, 6) is -2.03. The number of thioether (sulfide) groups is 1. The average Bonchev–Trinajstić information content (AvgIpc) is 2.74. The lowest BCUT2D eigenvalue weighted by Crippen LogP contribution is -2.71. The van der Waals surface area contributed by atoms with Crippen LogP contribution < -0.4 is 10.6 Å². The number of β-lactam (4-membered cyclic amide) rings is 1. The molecule has 3 rings (SSSR count). The van der Waals surface area contributed by atoms with Gasteiger partial charge in [-0.2, -0.15) is 0 Å². The van der Waals surface area contributed by atoms with Gasteiger partial charge in [0, 0.05) is 0 Å². The number of aromatic nitrogens is 1. The number of carbonyl (C=O) groups excluding carboxylic acids is 3. The van der Waals surface area contributed by atoms with Crippen molar-refractivity contribution in [2.24, 2.45) is 5.16 Å². The molecule has 2 aliphatic heterocycles. The first-order valence-corrected chi connectivity index (χ1v) is 9.52. The molecule has 1 aromatic heterocycles. The minimum absolute atomic E-state index is 0.105. The Labute approximate surface area is 174 Å². The van der Waals surface area contributed by atoms with Gasteiger partial charge in [-0.25, -0.2) is 9.78 Å². The number of rotatable bonds is 8. The number of carboxylic acids is 1. The molecule has 12 nitrogen and oxygen atoms in total. The van der Waals surface area contributed by atoms with Crippen LogP contribution in [0.25, 0.3) is 0 Å². The van der Waals surface area contributed by atoms with E-state index in [-0.39, 0.29) is 34.4 Å². The quantitative estimate of drug-likeness (QED) is 0.208. The van der Waals surface area contributed by atoms with E-state index in [0.717, 1.165) is 4.90 Å². The van der Waals surface area contributed by atoms with Crippen molar-refractivity contribution < 1.29 is 33.9 Å². The van der Waals surface area contributed by atoms with E-state index in [0.29, 0.717) is 6.41 Å². The maximum Gasteiger partial charge on any atom is 0.356 e. The van der Waals surface area contributed by atoms with Crippen LogP contribution in [0.15, 0.2) is 34.8 Å². The number of nitrogens with zero attached hydrogens (tertiary/aromatic N) is 3. The first-order chi connectivity index (χ1) is 14.4. The van der Waals surface area contributed by atoms with E-state index < -0.39 is 29.2 Å². The number of oxime groups is 1. The molecular formula is C17H17N5O7S. The van der Waals surface area contributed by atoms with Crippen molar-refractivity contribution in [1.82, 2.24) is 15.2 Å². The number of pyridine rings is 1. The van der Waals surface area contributed by atoms with Crippen LogP contribution >= 0.6 is 11.8 Å². The largest absolute Gasteiger partial charge is 0.498 e. The standard InChI is InChI=1S/C17H17N5O7S/c1-28-9-6-30-16-12(15(25)22(16)13(9)17(26)27)20-14(24)11(21-29-2)8-4-3-5-10(19-8)18-7-23/h3-5,7,12,16H,6H2,1-2H3,(H,20,24)(H,26,27)(H,18,19,23)/t12?,16-/m1/s1. The lowest BCUT2D eigenvalue weighted by molar-refractivity contribution is -0.150. The van der Waals surface area contributed by atoms with Gasteiger partial charge in [-0.15, -0.1) is 11.8 Å². The van der Waals surface area contributed by atoms with Crippen molar-refractivity contribution in [3.8, 4) is 0 Å². The van der Waals surface area contributed by atoms with Gasteiger partial charge < -0.3 is 25.3 Å². The third-order valence-corrected chi connectivity index (χ3v) is 5.52. The molecule has 0 saturated carbocycles. The fourth-order valence-electron chi connectivity index (χ4n) is 2.96. The molecule has 0 bridgehead atoms. The number of amides is 3. The lowest BCUT2D eigenvalue weighted by atomic mass is 10.0. The van der Waals surface area contributed by atoms with E-state index in [2.05, 4.69) is 20.8 Å². The molecule has 0 radical (unpaired) electrons. The number of carboxylic acid groups (broad SMARTS) is 1. The molecule has 0 aliphatic carbocycles. The van der Waals surface area contributed by atoms with E-state index in [1.54, 1.807) is 6.07 Å². The van der Waals surface area contributed by atoms with Crippen LogP contribution in [0.3, 0.4) is 0 Å². The van der Waals surface area contributed by atoms with Gasteiger partial charge >= 0.3 is 5.97 Å². The Morgan fingerprint density at radius 2 is 2.17 bits per heavy atom. The van der Waals surface area contributed by atoms with Crippen molar-refractivity contribution in [3.05, 3.63) is 35.3 Å². The fourth-order valence-corrected chi connectivity index (χ4v) is 4.27. The second kappa shape index (κ2) is 8.82. The Bertz CT molecular complexity index is 964. The molecule has 1 unspecified atom stereocenters. The topological polar surface area (TPSA) is 160 Å². The molecule has 13 heteroatoms. The van der Waals surface area contributed by atoms with E-state index in [4.69, 9.17) is 9.57 Å². The molecule has 3 amide bonds. The van der Waals surface area contributed by atoms with Crippen LogP contribution in [0.1, 0.15) is 5.69 Å². The van der Waals surface area contributed by atoms with Gasteiger partial charge in [0.1, 0.15) is 35.8 Å². The molecular weight excluding hydrogens is 418 g/mol. The molecule has 158 valence electrons. The van der Waals surface area contributed by atoms with Gasteiger partial charge in [0.05, 0.1) is 12.9 Å². The smallest absolute Gasteiger partial charge is 0.356 e. The van der Waals surface area contributed by atoms with E-state index in [1.807, 2.05) is 0 Å². The number of aliphatic carboxylic acids is 1. The fraction of sp³-hybridized carbons (Fsp3) is 0.294. The number of hydrogen-bond acceptors (Lipinski definition) is 9. The summed E-state index contributed by atoms with van der Waals surface area (Å²) in [5.41, 5.74) is -0.351. The Morgan fingerprint density at radius 3 is 2.80 bits per heavy atom. The molecule has 2 atom stereocenters. The Balaban J connectivity index is 1.80. The SMILES string of the molecule is CON=C(C(=O)NC1C(=O)N2C(C(=O)O)=C(OC)CS[C@H]12)c1cccc(NC=O)n1. The zero-order valence-electron chi connectivity index (χ0n) is 15.8. The van der Waals surface area contributed by atoms with E-state index in [9.17, 15) is 24.3 Å². The summed E-state index contributed by atoms with van der Waals surface area (Å²) < 4.78 is 5.06. The molecule has 3 N–H and O–H groups in total. The number of carbonyl (C=O) groups is 4. The first-order valence-electron chi connectivity index (χ1n) is 8.47. The number of fused-ring (bicyclic) bond motifs is 1. The zero-order chi connectivity index (χ0) is 21.8. The number of nitrogens with one attached hydrogen (secondary N) is 2. The van der Waals surface area contributed by atoms with Crippen molar-refractivity contribution in [1.29, 1.82) is 0 Å². The number of ether oxygens (including phenoxy) is 1. The normalized spacial score (nSPS) is 20.7. The van der Waals surface area contributed by atoms with Crippen molar-refractivity contribution >= 4 is 47.5 Å². The van der Waals surface area contributed by atoms with Gasteiger partial charge in [0.15, 0.2) is 11.4 Å². The lowest BCUT2D eigenvalue weighted by Gasteiger charge is -2.48. The van der Waals surface area contributed by atoms with Gasteiger partial charge in [-0.05, 0) is 12.1 Å². The predicted molar refractivity (Wildman–Crippen MR) is 104 cm³/mol. The van der Waals surface area contributed by atoms with Crippen molar-refractivity contribution in [2.75, 3.05) is 25.3 Å². The number of methoxy groups -OCH3 is 1. The molecule has 3 heterocycles. The summed E-state index contributed by atoms with van der Waals surface area (Å²) in [5, 5.41) is 17.4. The summed E-state index contributed by atoms with van der Waals surface area (Å²) in [6.45, 7) is 0. The highest BCUT2D eigenvalue weighted by Gasteiger charge is 2.55. The Kier molecular flexibility index (Phi) is 6.20. The molecule has 30 heavy (non-hydrogen) atoms. The Hall–Kier alpha value is -3.61. The van der Waals surface area contributed by atoms with Crippen LogP contribution in [-0.4, -0.2) is 76.3 Å².